The Morgan fingerprint density at radius 1 is 1.43 bits per heavy atom. The Hall–Kier alpha value is -1.49. The molecule has 0 radical (unpaired) electrons. The smallest absolute Gasteiger partial charge is 0.190 e. The Kier molecular flexibility index (Phi) is 5.28. The molecule has 0 aliphatic carbocycles. The summed E-state index contributed by atoms with van der Waals surface area (Å²) in [4.78, 5) is 8.30. The first-order chi connectivity index (χ1) is 10.1. The lowest BCUT2D eigenvalue weighted by atomic mass is 10.2. The molecule has 2 aromatic rings. The van der Waals surface area contributed by atoms with Gasteiger partial charge < -0.3 is 5.73 Å². The van der Waals surface area contributed by atoms with Crippen LogP contribution in [0.5, 0.6) is 0 Å². The molecule has 0 aliphatic heterocycles. The van der Waals surface area contributed by atoms with E-state index in [1.54, 1.807) is 18.4 Å². The van der Waals surface area contributed by atoms with E-state index in [0.717, 1.165) is 0 Å². The molecule has 1 aromatic heterocycles. The van der Waals surface area contributed by atoms with E-state index in [2.05, 4.69) is 9.97 Å². The molecule has 0 bridgehead atoms. The van der Waals surface area contributed by atoms with Crippen LogP contribution in [0.2, 0.25) is 5.02 Å². The lowest BCUT2D eigenvalue weighted by molar-refractivity contribution is 0.617. The van der Waals surface area contributed by atoms with Crippen molar-refractivity contribution in [2.24, 2.45) is 0 Å². The molecule has 1 heterocycles. The zero-order chi connectivity index (χ0) is 15.4. The highest BCUT2D eigenvalue weighted by molar-refractivity contribution is 7.99. The van der Waals surface area contributed by atoms with Gasteiger partial charge in [-0.15, -0.1) is 11.8 Å². The van der Waals surface area contributed by atoms with Crippen molar-refractivity contribution in [2.75, 3.05) is 12.0 Å². The predicted molar refractivity (Wildman–Crippen MR) is 83.9 cm³/mol. The first-order valence-corrected chi connectivity index (χ1v) is 8.33. The van der Waals surface area contributed by atoms with E-state index in [4.69, 9.17) is 22.6 Å². The third kappa shape index (κ3) is 3.59. The Morgan fingerprint density at radius 3 is 2.81 bits per heavy atom. The maximum atomic E-state index is 13.7. The standard InChI is InChI=1S/C13H10ClFN4S2/c1-20-12-7(5-16)11(17)18-13(19-12)21-6-8-9(14)3-2-4-10(8)15/h2-4H,6H2,1H3,(H2,17,18,19). The van der Waals surface area contributed by atoms with Crippen molar-refractivity contribution in [3.05, 3.63) is 40.2 Å². The summed E-state index contributed by atoms with van der Waals surface area (Å²) in [5.41, 5.74) is 6.39. The fourth-order valence-electron chi connectivity index (χ4n) is 1.56. The largest absolute Gasteiger partial charge is 0.382 e. The summed E-state index contributed by atoms with van der Waals surface area (Å²) in [6.07, 6.45) is 1.80. The van der Waals surface area contributed by atoms with Crippen molar-refractivity contribution < 1.29 is 4.39 Å². The third-order valence-electron chi connectivity index (χ3n) is 2.60. The van der Waals surface area contributed by atoms with Crippen molar-refractivity contribution >= 4 is 40.9 Å². The number of benzene rings is 1. The van der Waals surface area contributed by atoms with Gasteiger partial charge in [-0.3, -0.25) is 0 Å². The monoisotopic (exact) mass is 340 g/mol. The lowest BCUT2D eigenvalue weighted by Gasteiger charge is -2.07. The molecular weight excluding hydrogens is 331 g/mol. The van der Waals surface area contributed by atoms with Crippen LogP contribution < -0.4 is 5.73 Å². The van der Waals surface area contributed by atoms with Crippen molar-refractivity contribution in [2.45, 2.75) is 15.9 Å². The minimum absolute atomic E-state index is 0.124. The molecule has 0 saturated carbocycles. The SMILES string of the molecule is CSc1nc(SCc2c(F)cccc2Cl)nc(N)c1C#N. The van der Waals surface area contributed by atoms with Crippen molar-refractivity contribution in [3.8, 4) is 6.07 Å². The molecule has 0 atom stereocenters. The molecule has 1 aromatic carbocycles. The first-order valence-electron chi connectivity index (χ1n) is 5.74. The van der Waals surface area contributed by atoms with Gasteiger partial charge in [-0.2, -0.15) is 5.26 Å². The molecule has 8 heteroatoms. The minimum Gasteiger partial charge on any atom is -0.382 e. The van der Waals surface area contributed by atoms with Crippen molar-refractivity contribution in [3.63, 3.8) is 0 Å². The fraction of sp³-hybridized carbons (Fsp3) is 0.154. The van der Waals surface area contributed by atoms with Gasteiger partial charge in [0, 0.05) is 16.3 Å². The number of anilines is 1. The number of nitrogens with zero attached hydrogens (tertiary/aromatic N) is 3. The van der Waals surface area contributed by atoms with E-state index >= 15 is 0 Å². The Bertz CT molecular complexity index is 698. The first kappa shape index (κ1) is 15.9. The zero-order valence-electron chi connectivity index (χ0n) is 10.9. The number of nitrogen functional groups attached to an aromatic ring is 1. The van der Waals surface area contributed by atoms with Crippen LogP contribution in [0.25, 0.3) is 0 Å². The van der Waals surface area contributed by atoms with E-state index < -0.39 is 0 Å². The Morgan fingerprint density at radius 2 is 2.19 bits per heavy atom. The van der Waals surface area contributed by atoms with Gasteiger partial charge in [0.25, 0.3) is 0 Å². The van der Waals surface area contributed by atoms with Gasteiger partial charge in [0.1, 0.15) is 28.3 Å². The highest BCUT2D eigenvalue weighted by atomic mass is 35.5. The van der Waals surface area contributed by atoms with E-state index in [1.165, 1.54) is 29.6 Å². The van der Waals surface area contributed by atoms with Crippen molar-refractivity contribution in [1.82, 2.24) is 9.97 Å². The molecule has 0 unspecified atom stereocenters. The maximum absolute atomic E-state index is 13.7. The summed E-state index contributed by atoms with van der Waals surface area (Å²) in [5, 5.41) is 10.3. The van der Waals surface area contributed by atoms with Crippen molar-refractivity contribution in [1.29, 1.82) is 5.26 Å². The second-order valence-corrected chi connectivity index (χ2v) is 6.02. The predicted octanol–water partition coefficient (Wildman–Crippen LogP) is 3.74. The lowest BCUT2D eigenvalue weighted by Crippen LogP contribution is -2.02. The van der Waals surface area contributed by atoms with Gasteiger partial charge >= 0.3 is 0 Å². The van der Waals surface area contributed by atoms with Gasteiger partial charge in [0.2, 0.25) is 0 Å². The zero-order valence-corrected chi connectivity index (χ0v) is 13.3. The number of hydrogen-bond donors (Lipinski definition) is 1. The summed E-state index contributed by atoms with van der Waals surface area (Å²) in [7, 11) is 0. The minimum atomic E-state index is -0.373. The molecule has 4 nitrogen and oxygen atoms in total. The number of rotatable bonds is 4. The van der Waals surface area contributed by atoms with Crippen LogP contribution in [0.3, 0.4) is 0 Å². The number of halogens is 2. The van der Waals surface area contributed by atoms with E-state index in [0.29, 0.717) is 20.8 Å². The average Bonchev–Trinajstić information content (AvgIpc) is 2.46. The highest BCUT2D eigenvalue weighted by Crippen LogP contribution is 2.29. The molecule has 0 spiro atoms. The van der Waals surface area contributed by atoms with E-state index in [9.17, 15) is 4.39 Å². The summed E-state index contributed by atoms with van der Waals surface area (Å²) in [6.45, 7) is 0. The van der Waals surface area contributed by atoms with Gasteiger partial charge in [0.15, 0.2) is 5.16 Å². The molecule has 0 saturated heterocycles. The Labute approximate surface area is 134 Å². The number of nitriles is 1. The Balaban J connectivity index is 2.25. The van der Waals surface area contributed by atoms with Gasteiger partial charge in [-0.1, -0.05) is 29.4 Å². The number of nitrogens with two attached hydrogens (primary N) is 1. The van der Waals surface area contributed by atoms with E-state index in [1.807, 2.05) is 6.07 Å². The van der Waals surface area contributed by atoms with Crippen LogP contribution in [0, 0.1) is 17.1 Å². The summed E-state index contributed by atoms with van der Waals surface area (Å²) in [6, 6.07) is 6.50. The molecule has 2 rings (SSSR count). The van der Waals surface area contributed by atoms with Gasteiger partial charge in [-0.05, 0) is 18.4 Å². The molecular formula is C13H10ClFN4S2. The molecule has 0 aliphatic rings. The molecule has 0 amide bonds. The quantitative estimate of drug-likeness (QED) is 0.519. The van der Waals surface area contributed by atoms with Crippen LogP contribution >= 0.6 is 35.1 Å². The fourth-order valence-corrected chi connectivity index (χ4v) is 3.35. The molecule has 108 valence electrons. The number of thioether (sulfide) groups is 2. The number of hydrogen-bond acceptors (Lipinski definition) is 6. The summed E-state index contributed by atoms with van der Waals surface area (Å²) < 4.78 is 13.7. The molecule has 2 N–H and O–H groups in total. The van der Waals surface area contributed by atoms with Gasteiger partial charge in [0.05, 0.1) is 0 Å². The highest BCUT2D eigenvalue weighted by Gasteiger charge is 2.13. The van der Waals surface area contributed by atoms with Crippen LogP contribution in [-0.2, 0) is 5.75 Å². The second kappa shape index (κ2) is 6.98. The van der Waals surface area contributed by atoms with Gasteiger partial charge in [-0.25, -0.2) is 14.4 Å². The summed E-state index contributed by atoms with van der Waals surface area (Å²) >= 11 is 8.49. The number of aromatic nitrogens is 2. The van der Waals surface area contributed by atoms with E-state index in [-0.39, 0.29) is 23.0 Å². The third-order valence-corrected chi connectivity index (χ3v) is 4.51. The van der Waals surface area contributed by atoms with Crippen LogP contribution in [-0.4, -0.2) is 16.2 Å². The average molecular weight is 341 g/mol. The molecule has 21 heavy (non-hydrogen) atoms. The van der Waals surface area contributed by atoms with Crippen LogP contribution in [0.4, 0.5) is 10.2 Å². The van der Waals surface area contributed by atoms with Crippen LogP contribution in [0.15, 0.2) is 28.4 Å². The summed E-state index contributed by atoms with van der Waals surface area (Å²) in [5.74, 6) is 0.0330. The maximum Gasteiger partial charge on any atom is 0.190 e. The topological polar surface area (TPSA) is 75.6 Å². The van der Waals surface area contributed by atoms with Crippen LogP contribution in [0.1, 0.15) is 11.1 Å². The normalized spacial score (nSPS) is 10.4. The second-order valence-electron chi connectivity index (χ2n) is 3.88. The molecule has 0 fully saturated rings.